The highest BCUT2D eigenvalue weighted by molar-refractivity contribution is 6.33. The van der Waals surface area contributed by atoms with Gasteiger partial charge in [-0.1, -0.05) is 11.6 Å². The van der Waals surface area contributed by atoms with Crippen molar-refractivity contribution in [2.75, 3.05) is 25.5 Å². The number of hydrogen-bond donors (Lipinski definition) is 3. The number of aromatic nitrogens is 1. The van der Waals surface area contributed by atoms with Crippen molar-refractivity contribution < 1.29 is 19.1 Å². The summed E-state index contributed by atoms with van der Waals surface area (Å²) in [7, 11) is 1.50. The number of nitrogens with one attached hydrogen (secondary N) is 3. The van der Waals surface area contributed by atoms with Gasteiger partial charge in [-0.2, -0.15) is 0 Å². The molecule has 0 bridgehead atoms. The number of halogens is 1. The largest absolute Gasteiger partial charge is 0.496 e. The van der Waals surface area contributed by atoms with Crippen molar-refractivity contribution in [3.05, 3.63) is 53.2 Å². The number of amides is 3. The van der Waals surface area contributed by atoms with Crippen molar-refractivity contribution in [1.82, 2.24) is 15.6 Å². The zero-order valence-electron chi connectivity index (χ0n) is 17.4. The van der Waals surface area contributed by atoms with Crippen LogP contribution in [0.4, 0.5) is 10.5 Å². The number of carbonyl (C=O) groups excluding carboxylic acids is 2. The van der Waals surface area contributed by atoms with Gasteiger partial charge in [0.1, 0.15) is 17.2 Å². The Kier molecular flexibility index (Phi) is 7.15. The van der Waals surface area contributed by atoms with Crippen LogP contribution in [0.25, 0.3) is 10.9 Å². The first-order valence-electron chi connectivity index (χ1n) is 9.74. The van der Waals surface area contributed by atoms with Gasteiger partial charge in [0.25, 0.3) is 5.91 Å². The van der Waals surface area contributed by atoms with Crippen LogP contribution in [0.15, 0.2) is 42.6 Å². The Labute approximate surface area is 184 Å². The van der Waals surface area contributed by atoms with Gasteiger partial charge in [-0.3, -0.25) is 9.78 Å². The molecule has 0 aliphatic carbocycles. The molecule has 1 heterocycles. The summed E-state index contributed by atoms with van der Waals surface area (Å²) in [6.45, 7) is 4.66. The fraction of sp³-hybridized carbons (Fsp3) is 0.227. The molecule has 3 amide bonds. The molecule has 2 aromatic carbocycles. The Morgan fingerprint density at radius 2 is 1.81 bits per heavy atom. The third-order valence-electron chi connectivity index (χ3n) is 4.36. The molecule has 1 aromatic heterocycles. The highest BCUT2D eigenvalue weighted by atomic mass is 35.5. The van der Waals surface area contributed by atoms with Crippen LogP contribution in [0.1, 0.15) is 24.2 Å². The molecule has 162 valence electrons. The predicted molar refractivity (Wildman–Crippen MR) is 121 cm³/mol. The summed E-state index contributed by atoms with van der Waals surface area (Å²) in [4.78, 5) is 28.5. The lowest BCUT2D eigenvalue weighted by molar-refractivity contribution is 0.0953. The van der Waals surface area contributed by atoms with E-state index in [4.69, 9.17) is 21.1 Å². The summed E-state index contributed by atoms with van der Waals surface area (Å²) in [6.07, 6.45) is 1.61. The molecule has 3 aromatic rings. The van der Waals surface area contributed by atoms with E-state index in [2.05, 4.69) is 20.9 Å². The van der Waals surface area contributed by atoms with E-state index >= 15 is 0 Å². The lowest BCUT2D eigenvalue weighted by Gasteiger charge is -2.14. The fourth-order valence-electron chi connectivity index (χ4n) is 2.95. The number of anilines is 1. The van der Waals surface area contributed by atoms with Gasteiger partial charge in [0.15, 0.2) is 0 Å². The van der Waals surface area contributed by atoms with Crippen LogP contribution in [-0.4, -0.2) is 37.1 Å². The van der Waals surface area contributed by atoms with E-state index in [9.17, 15) is 9.59 Å². The molecule has 0 radical (unpaired) electrons. The first-order chi connectivity index (χ1) is 15.0. The van der Waals surface area contributed by atoms with Crippen LogP contribution in [0.2, 0.25) is 5.02 Å². The number of rotatable bonds is 7. The van der Waals surface area contributed by atoms with Crippen molar-refractivity contribution in [1.29, 1.82) is 0 Å². The highest BCUT2D eigenvalue weighted by Gasteiger charge is 2.16. The summed E-state index contributed by atoms with van der Waals surface area (Å²) in [5.41, 5.74) is 1.46. The second kappa shape index (κ2) is 9.99. The van der Waals surface area contributed by atoms with E-state index in [1.165, 1.54) is 7.11 Å². The average molecular weight is 443 g/mol. The molecule has 0 unspecified atom stereocenters. The molecule has 0 saturated carbocycles. The van der Waals surface area contributed by atoms with Gasteiger partial charge in [-0.25, -0.2) is 4.79 Å². The minimum atomic E-state index is -0.343. The maximum atomic E-state index is 12.4. The molecule has 3 rings (SSSR count). The van der Waals surface area contributed by atoms with Gasteiger partial charge >= 0.3 is 6.03 Å². The third-order valence-corrected chi connectivity index (χ3v) is 4.67. The van der Waals surface area contributed by atoms with Crippen molar-refractivity contribution in [3.63, 3.8) is 0 Å². The van der Waals surface area contributed by atoms with Gasteiger partial charge in [-0.05, 0) is 38.1 Å². The van der Waals surface area contributed by atoms with E-state index < -0.39 is 0 Å². The second-order valence-corrected chi connectivity index (χ2v) is 6.87. The first kappa shape index (κ1) is 22.2. The monoisotopic (exact) mass is 442 g/mol. The number of ether oxygens (including phenoxy) is 2. The summed E-state index contributed by atoms with van der Waals surface area (Å²) in [6, 6.07) is 9.68. The van der Waals surface area contributed by atoms with Crippen LogP contribution in [-0.2, 0) is 0 Å². The summed E-state index contributed by atoms with van der Waals surface area (Å²) in [5, 5.41) is 9.05. The molecule has 0 spiro atoms. The third kappa shape index (κ3) is 5.16. The summed E-state index contributed by atoms with van der Waals surface area (Å²) >= 11 is 6.29. The van der Waals surface area contributed by atoms with Gasteiger partial charge < -0.3 is 25.4 Å². The molecule has 0 saturated heterocycles. The smallest absolute Gasteiger partial charge is 0.319 e. The van der Waals surface area contributed by atoms with E-state index in [0.717, 1.165) is 0 Å². The van der Waals surface area contributed by atoms with E-state index in [1.54, 1.807) is 42.6 Å². The Hall–Kier alpha value is -3.52. The zero-order valence-corrected chi connectivity index (χ0v) is 18.2. The lowest BCUT2D eigenvalue weighted by Crippen LogP contribution is -2.28. The molecule has 9 heteroatoms. The number of nitrogens with zero attached hydrogens (tertiary/aromatic N) is 1. The number of methoxy groups -OCH3 is 1. The zero-order chi connectivity index (χ0) is 22.4. The second-order valence-electron chi connectivity index (χ2n) is 6.47. The van der Waals surface area contributed by atoms with Crippen LogP contribution in [0.5, 0.6) is 17.2 Å². The molecule has 3 N–H and O–H groups in total. The quantitative estimate of drug-likeness (QED) is 0.497. The van der Waals surface area contributed by atoms with Gasteiger partial charge in [0.2, 0.25) is 0 Å². The minimum Gasteiger partial charge on any atom is -0.496 e. The lowest BCUT2D eigenvalue weighted by atomic mass is 10.1. The van der Waals surface area contributed by atoms with Gasteiger partial charge in [0.05, 0.1) is 28.9 Å². The Morgan fingerprint density at radius 3 is 2.48 bits per heavy atom. The van der Waals surface area contributed by atoms with Crippen molar-refractivity contribution in [3.8, 4) is 17.2 Å². The van der Waals surface area contributed by atoms with Gasteiger partial charge in [-0.15, -0.1) is 0 Å². The molecule has 0 aliphatic heterocycles. The average Bonchev–Trinajstić information content (AvgIpc) is 2.75. The summed E-state index contributed by atoms with van der Waals surface area (Å²) < 4.78 is 11.4. The normalized spacial score (nSPS) is 10.5. The number of urea groups is 1. The van der Waals surface area contributed by atoms with E-state index in [1.807, 2.05) is 13.8 Å². The summed E-state index contributed by atoms with van der Waals surface area (Å²) in [5.74, 6) is 1.14. The van der Waals surface area contributed by atoms with Crippen LogP contribution in [0.3, 0.4) is 0 Å². The Morgan fingerprint density at radius 1 is 1.03 bits per heavy atom. The standard InChI is InChI=1S/C22H23ClN4O4/c1-4-24-21(28)15-11-14-18(12-20(15)30-3)26-9-8-19(14)31-13-6-7-17(16(23)10-13)27-22(29)25-5-2/h6-12H,4-5H2,1-3H3,(H,24,28)(H2,25,27,29). The SMILES string of the molecule is CCNC(=O)Nc1ccc(Oc2ccnc3cc(OC)c(C(=O)NCC)cc23)cc1Cl. The minimum absolute atomic E-state index is 0.250. The molecular formula is C22H23ClN4O4. The van der Waals surface area contributed by atoms with Gasteiger partial charge in [0, 0.05) is 36.8 Å². The van der Waals surface area contributed by atoms with Crippen LogP contribution >= 0.6 is 11.6 Å². The van der Waals surface area contributed by atoms with E-state index in [0.29, 0.717) is 57.5 Å². The highest BCUT2D eigenvalue weighted by Crippen LogP contribution is 2.35. The molecule has 0 aliphatic rings. The molecular weight excluding hydrogens is 420 g/mol. The number of hydrogen-bond acceptors (Lipinski definition) is 5. The molecule has 31 heavy (non-hydrogen) atoms. The number of pyridine rings is 1. The molecule has 0 fully saturated rings. The number of fused-ring (bicyclic) bond motifs is 1. The fourth-order valence-corrected chi connectivity index (χ4v) is 3.17. The van der Waals surface area contributed by atoms with Crippen molar-refractivity contribution >= 4 is 40.1 Å². The Balaban J connectivity index is 1.94. The predicted octanol–water partition coefficient (Wildman–Crippen LogP) is 4.58. The van der Waals surface area contributed by atoms with Crippen molar-refractivity contribution in [2.45, 2.75) is 13.8 Å². The van der Waals surface area contributed by atoms with Crippen molar-refractivity contribution in [2.24, 2.45) is 0 Å². The first-order valence-corrected chi connectivity index (χ1v) is 10.1. The van der Waals surface area contributed by atoms with E-state index in [-0.39, 0.29) is 11.9 Å². The maximum absolute atomic E-state index is 12.4. The number of benzene rings is 2. The number of carbonyl (C=O) groups is 2. The van der Waals surface area contributed by atoms with Crippen LogP contribution in [0, 0.1) is 0 Å². The topological polar surface area (TPSA) is 102 Å². The van der Waals surface area contributed by atoms with Crippen LogP contribution < -0.4 is 25.4 Å². The maximum Gasteiger partial charge on any atom is 0.319 e. The molecule has 0 atom stereocenters. The molecule has 8 nitrogen and oxygen atoms in total. The Bertz CT molecular complexity index is 1120.